The van der Waals surface area contributed by atoms with E-state index in [2.05, 4.69) is 28.2 Å². The lowest BCUT2D eigenvalue weighted by Crippen LogP contribution is -2.17. The fraction of sp³-hybridized carbons (Fsp3) is 0.286. The number of benzene rings is 1. The molecule has 1 aliphatic heterocycles. The van der Waals surface area contributed by atoms with E-state index in [0.29, 0.717) is 6.79 Å². The van der Waals surface area contributed by atoms with Crippen molar-refractivity contribution in [2.24, 2.45) is 0 Å². The summed E-state index contributed by atoms with van der Waals surface area (Å²) in [4.78, 5) is 0. The highest BCUT2D eigenvalue weighted by molar-refractivity contribution is 9.10. The van der Waals surface area contributed by atoms with Crippen molar-refractivity contribution in [3.63, 3.8) is 0 Å². The first-order chi connectivity index (χ1) is 9.24. The average Bonchev–Trinajstić information content (AvgIpc) is 3.06. The van der Waals surface area contributed by atoms with Gasteiger partial charge in [-0.2, -0.15) is 0 Å². The van der Waals surface area contributed by atoms with Crippen LogP contribution in [0.2, 0.25) is 0 Å². The van der Waals surface area contributed by atoms with Crippen molar-refractivity contribution in [1.82, 2.24) is 5.32 Å². The van der Waals surface area contributed by atoms with Crippen molar-refractivity contribution in [1.29, 1.82) is 0 Å². The van der Waals surface area contributed by atoms with E-state index in [1.807, 2.05) is 24.3 Å². The lowest BCUT2D eigenvalue weighted by Gasteiger charge is -2.12. The standard InChI is InChI=1S/C14H14BrNO3/c1-9(12-3-2-4-17-12)16-7-10-5-13-14(6-11(10)15)19-8-18-13/h2-6,9,16H,7-8H2,1H3/t9-/m0/s1. The fourth-order valence-electron chi connectivity index (χ4n) is 2.00. The Hall–Kier alpha value is -1.46. The summed E-state index contributed by atoms with van der Waals surface area (Å²) in [5.41, 5.74) is 1.13. The van der Waals surface area contributed by atoms with Crippen LogP contribution in [-0.2, 0) is 6.54 Å². The molecule has 1 N–H and O–H groups in total. The molecule has 1 aromatic carbocycles. The SMILES string of the molecule is C[C@H](NCc1cc2c(cc1Br)OCO2)c1ccco1. The minimum atomic E-state index is 0.160. The molecule has 1 aliphatic rings. The Morgan fingerprint density at radius 2 is 2.11 bits per heavy atom. The number of nitrogens with one attached hydrogen (secondary N) is 1. The van der Waals surface area contributed by atoms with Crippen LogP contribution in [0.4, 0.5) is 0 Å². The third-order valence-electron chi connectivity index (χ3n) is 3.11. The van der Waals surface area contributed by atoms with Gasteiger partial charge < -0.3 is 19.2 Å². The van der Waals surface area contributed by atoms with Gasteiger partial charge in [-0.15, -0.1) is 0 Å². The normalized spacial score (nSPS) is 14.6. The van der Waals surface area contributed by atoms with Crippen LogP contribution in [0.1, 0.15) is 24.3 Å². The van der Waals surface area contributed by atoms with Crippen LogP contribution in [0, 0.1) is 0 Å². The number of ether oxygens (including phenoxy) is 2. The number of halogens is 1. The van der Waals surface area contributed by atoms with Crippen LogP contribution in [0.5, 0.6) is 11.5 Å². The third kappa shape index (κ3) is 2.62. The molecule has 0 saturated carbocycles. The minimum absolute atomic E-state index is 0.160. The van der Waals surface area contributed by atoms with Crippen molar-refractivity contribution in [2.75, 3.05) is 6.79 Å². The number of hydrogen-bond acceptors (Lipinski definition) is 4. The van der Waals surface area contributed by atoms with Crippen molar-refractivity contribution in [3.05, 3.63) is 46.3 Å². The Labute approximate surface area is 119 Å². The second-order valence-corrected chi connectivity index (χ2v) is 5.27. The molecule has 100 valence electrons. The van der Waals surface area contributed by atoms with E-state index >= 15 is 0 Å². The zero-order valence-electron chi connectivity index (χ0n) is 10.5. The van der Waals surface area contributed by atoms with Crippen molar-refractivity contribution in [2.45, 2.75) is 19.5 Å². The summed E-state index contributed by atoms with van der Waals surface area (Å²) in [6.45, 7) is 3.08. The fourth-order valence-corrected chi connectivity index (χ4v) is 2.46. The zero-order chi connectivity index (χ0) is 13.2. The monoisotopic (exact) mass is 323 g/mol. The van der Waals surface area contributed by atoms with Gasteiger partial charge in [-0.1, -0.05) is 15.9 Å². The first-order valence-electron chi connectivity index (χ1n) is 6.09. The van der Waals surface area contributed by atoms with E-state index in [0.717, 1.165) is 33.8 Å². The lowest BCUT2D eigenvalue weighted by molar-refractivity contribution is 0.174. The Morgan fingerprint density at radius 1 is 1.32 bits per heavy atom. The molecule has 0 aliphatic carbocycles. The first kappa shape index (κ1) is 12.6. The second kappa shape index (κ2) is 5.27. The molecular weight excluding hydrogens is 310 g/mol. The molecule has 19 heavy (non-hydrogen) atoms. The molecule has 4 nitrogen and oxygen atoms in total. The Kier molecular flexibility index (Phi) is 3.48. The molecule has 0 unspecified atom stereocenters. The smallest absolute Gasteiger partial charge is 0.231 e. The van der Waals surface area contributed by atoms with Gasteiger partial charge in [0.1, 0.15) is 5.76 Å². The highest BCUT2D eigenvalue weighted by Gasteiger charge is 2.17. The maximum Gasteiger partial charge on any atom is 0.231 e. The van der Waals surface area contributed by atoms with Crippen LogP contribution in [0.15, 0.2) is 39.4 Å². The maximum absolute atomic E-state index is 5.38. The molecular formula is C14H14BrNO3. The summed E-state index contributed by atoms with van der Waals surface area (Å²) in [5.74, 6) is 2.51. The molecule has 5 heteroatoms. The number of hydrogen-bond donors (Lipinski definition) is 1. The summed E-state index contributed by atoms with van der Waals surface area (Å²) in [6, 6.07) is 7.95. The largest absolute Gasteiger partial charge is 0.468 e. The Morgan fingerprint density at radius 3 is 2.84 bits per heavy atom. The lowest BCUT2D eigenvalue weighted by atomic mass is 10.2. The van der Waals surface area contributed by atoms with Crippen LogP contribution in [0.3, 0.4) is 0 Å². The summed E-state index contributed by atoms with van der Waals surface area (Å²) in [5, 5.41) is 3.41. The predicted octanol–water partition coefficient (Wildman–Crippen LogP) is 3.62. The highest BCUT2D eigenvalue weighted by Crippen LogP contribution is 2.37. The van der Waals surface area contributed by atoms with Gasteiger partial charge in [0, 0.05) is 11.0 Å². The summed E-state index contributed by atoms with van der Waals surface area (Å²) in [6.07, 6.45) is 1.68. The highest BCUT2D eigenvalue weighted by atomic mass is 79.9. The maximum atomic E-state index is 5.38. The molecule has 0 amide bonds. The summed E-state index contributed by atoms with van der Waals surface area (Å²) >= 11 is 3.55. The molecule has 1 aromatic heterocycles. The van der Waals surface area contributed by atoms with Gasteiger partial charge >= 0.3 is 0 Å². The van der Waals surface area contributed by atoms with Gasteiger partial charge in [0.15, 0.2) is 11.5 Å². The van der Waals surface area contributed by atoms with Gasteiger partial charge in [-0.05, 0) is 36.8 Å². The molecule has 0 saturated heterocycles. The topological polar surface area (TPSA) is 43.6 Å². The molecule has 3 rings (SSSR count). The number of fused-ring (bicyclic) bond motifs is 1. The van der Waals surface area contributed by atoms with Gasteiger partial charge in [0.2, 0.25) is 6.79 Å². The Bertz CT molecular complexity index is 568. The number of furan rings is 1. The molecule has 1 atom stereocenters. The van der Waals surface area contributed by atoms with Gasteiger partial charge in [0.05, 0.1) is 12.3 Å². The molecule has 2 aromatic rings. The summed E-state index contributed by atoms with van der Waals surface area (Å²) < 4.78 is 17.1. The van der Waals surface area contributed by atoms with Crippen molar-refractivity contribution >= 4 is 15.9 Å². The van der Waals surface area contributed by atoms with Crippen molar-refractivity contribution in [3.8, 4) is 11.5 Å². The summed E-state index contributed by atoms with van der Waals surface area (Å²) in [7, 11) is 0. The third-order valence-corrected chi connectivity index (χ3v) is 3.85. The van der Waals surface area contributed by atoms with Gasteiger partial charge in [-0.25, -0.2) is 0 Å². The van der Waals surface area contributed by atoms with Crippen LogP contribution < -0.4 is 14.8 Å². The molecule has 0 fully saturated rings. The number of rotatable bonds is 4. The average molecular weight is 324 g/mol. The minimum Gasteiger partial charge on any atom is -0.468 e. The molecule has 0 spiro atoms. The van der Waals surface area contributed by atoms with Crippen molar-refractivity contribution < 1.29 is 13.9 Å². The molecule has 0 bridgehead atoms. The van der Waals surface area contributed by atoms with E-state index in [4.69, 9.17) is 13.9 Å². The van der Waals surface area contributed by atoms with E-state index < -0.39 is 0 Å². The zero-order valence-corrected chi connectivity index (χ0v) is 12.1. The van der Waals surface area contributed by atoms with Crippen LogP contribution in [0.25, 0.3) is 0 Å². The van der Waals surface area contributed by atoms with E-state index in [9.17, 15) is 0 Å². The van der Waals surface area contributed by atoms with Gasteiger partial charge in [-0.3, -0.25) is 0 Å². The van der Waals surface area contributed by atoms with Gasteiger partial charge in [0.25, 0.3) is 0 Å². The van der Waals surface area contributed by atoms with E-state index in [1.54, 1.807) is 6.26 Å². The van der Waals surface area contributed by atoms with E-state index in [-0.39, 0.29) is 6.04 Å². The predicted molar refractivity (Wildman–Crippen MR) is 74.2 cm³/mol. The van der Waals surface area contributed by atoms with Crippen LogP contribution in [-0.4, -0.2) is 6.79 Å². The van der Waals surface area contributed by atoms with Crippen LogP contribution >= 0.6 is 15.9 Å². The second-order valence-electron chi connectivity index (χ2n) is 4.41. The first-order valence-corrected chi connectivity index (χ1v) is 6.88. The van der Waals surface area contributed by atoms with E-state index in [1.165, 1.54) is 0 Å². The molecule has 2 heterocycles. The Balaban J connectivity index is 1.70. The quantitative estimate of drug-likeness (QED) is 0.933. The molecule has 0 radical (unpaired) electrons.